The highest BCUT2D eigenvalue weighted by atomic mass is 35.5. The zero-order chi connectivity index (χ0) is 17.8. The van der Waals surface area contributed by atoms with Crippen LogP contribution in [0.25, 0.3) is 11.4 Å². The molecule has 0 saturated heterocycles. The Morgan fingerprint density at radius 1 is 1.20 bits per heavy atom. The van der Waals surface area contributed by atoms with Crippen LogP contribution in [0.4, 0.5) is 5.69 Å². The second kappa shape index (κ2) is 7.49. The average Bonchev–Trinajstić information content (AvgIpc) is 3.08. The molecule has 0 N–H and O–H groups in total. The van der Waals surface area contributed by atoms with Gasteiger partial charge in [-0.2, -0.15) is 4.98 Å². The lowest BCUT2D eigenvalue weighted by molar-refractivity contribution is -0.118. The Morgan fingerprint density at radius 3 is 2.68 bits per heavy atom. The standard InChI is InChI=1S/C19H18ClN3O2/c1-13-6-8-14(9-7-13)19-21-17(25-22-19)10-11-18(24)23(2)16-5-3-4-15(20)12-16/h3-9,12H,10-11H2,1-2H3. The largest absolute Gasteiger partial charge is 0.339 e. The predicted molar refractivity (Wildman–Crippen MR) is 97.7 cm³/mol. The van der Waals surface area contributed by atoms with Crippen LogP contribution in [0.5, 0.6) is 0 Å². The first-order valence-corrected chi connectivity index (χ1v) is 8.32. The maximum absolute atomic E-state index is 12.3. The molecule has 0 atom stereocenters. The number of hydrogen-bond acceptors (Lipinski definition) is 4. The van der Waals surface area contributed by atoms with Crippen molar-refractivity contribution in [2.45, 2.75) is 19.8 Å². The van der Waals surface area contributed by atoms with Crippen molar-refractivity contribution < 1.29 is 9.32 Å². The van der Waals surface area contributed by atoms with Crippen LogP contribution in [-0.2, 0) is 11.2 Å². The van der Waals surface area contributed by atoms with Crippen molar-refractivity contribution in [3.63, 3.8) is 0 Å². The molecule has 0 saturated carbocycles. The fourth-order valence-electron chi connectivity index (χ4n) is 2.39. The molecule has 5 nitrogen and oxygen atoms in total. The van der Waals surface area contributed by atoms with Gasteiger partial charge in [-0.3, -0.25) is 4.79 Å². The lowest BCUT2D eigenvalue weighted by atomic mass is 10.1. The molecule has 3 aromatic rings. The molecule has 0 aliphatic heterocycles. The van der Waals surface area contributed by atoms with Gasteiger partial charge >= 0.3 is 0 Å². The van der Waals surface area contributed by atoms with Crippen LogP contribution in [0.1, 0.15) is 17.9 Å². The maximum Gasteiger partial charge on any atom is 0.227 e. The number of amides is 1. The fourth-order valence-corrected chi connectivity index (χ4v) is 2.57. The highest BCUT2D eigenvalue weighted by molar-refractivity contribution is 6.30. The van der Waals surface area contributed by atoms with E-state index in [-0.39, 0.29) is 12.3 Å². The summed E-state index contributed by atoms with van der Waals surface area (Å²) in [4.78, 5) is 18.3. The van der Waals surface area contributed by atoms with Crippen molar-refractivity contribution in [3.8, 4) is 11.4 Å². The van der Waals surface area contributed by atoms with Gasteiger partial charge < -0.3 is 9.42 Å². The van der Waals surface area contributed by atoms with Crippen LogP contribution in [-0.4, -0.2) is 23.1 Å². The normalized spacial score (nSPS) is 10.7. The monoisotopic (exact) mass is 355 g/mol. The number of carbonyl (C=O) groups excluding carboxylic acids is 1. The van der Waals surface area contributed by atoms with Gasteiger partial charge in [-0.15, -0.1) is 0 Å². The summed E-state index contributed by atoms with van der Waals surface area (Å²) < 4.78 is 5.25. The molecular formula is C19H18ClN3O2. The van der Waals surface area contributed by atoms with Gasteiger partial charge in [0, 0.05) is 36.2 Å². The van der Waals surface area contributed by atoms with Crippen LogP contribution >= 0.6 is 11.6 Å². The third-order valence-corrected chi connectivity index (χ3v) is 4.14. The summed E-state index contributed by atoms with van der Waals surface area (Å²) >= 11 is 5.97. The molecule has 1 amide bonds. The highest BCUT2D eigenvalue weighted by Gasteiger charge is 2.14. The van der Waals surface area contributed by atoms with Gasteiger partial charge in [-0.05, 0) is 25.1 Å². The van der Waals surface area contributed by atoms with E-state index in [0.29, 0.717) is 23.2 Å². The van der Waals surface area contributed by atoms with Crippen LogP contribution in [0.3, 0.4) is 0 Å². The van der Waals surface area contributed by atoms with E-state index in [2.05, 4.69) is 10.1 Å². The average molecular weight is 356 g/mol. The third kappa shape index (κ3) is 4.25. The fraction of sp³-hybridized carbons (Fsp3) is 0.211. The van der Waals surface area contributed by atoms with E-state index in [1.165, 1.54) is 5.56 Å². The van der Waals surface area contributed by atoms with E-state index in [9.17, 15) is 4.79 Å². The van der Waals surface area contributed by atoms with Crippen molar-refractivity contribution in [1.82, 2.24) is 10.1 Å². The van der Waals surface area contributed by atoms with Crippen molar-refractivity contribution in [2.75, 3.05) is 11.9 Å². The second-order valence-electron chi connectivity index (χ2n) is 5.81. The quantitative estimate of drug-likeness (QED) is 0.684. The Hall–Kier alpha value is -2.66. The number of carbonyl (C=O) groups is 1. The molecule has 0 radical (unpaired) electrons. The van der Waals surface area contributed by atoms with E-state index in [0.717, 1.165) is 11.3 Å². The highest BCUT2D eigenvalue weighted by Crippen LogP contribution is 2.20. The van der Waals surface area contributed by atoms with E-state index < -0.39 is 0 Å². The molecule has 0 unspecified atom stereocenters. The number of aromatic nitrogens is 2. The Labute approximate surface area is 151 Å². The first-order valence-electron chi connectivity index (χ1n) is 7.94. The lowest BCUT2D eigenvalue weighted by Gasteiger charge is -2.17. The summed E-state index contributed by atoms with van der Waals surface area (Å²) in [5.41, 5.74) is 2.81. The second-order valence-corrected chi connectivity index (χ2v) is 6.25. The minimum absolute atomic E-state index is 0.0441. The van der Waals surface area contributed by atoms with Gasteiger partial charge in [0.25, 0.3) is 0 Å². The molecule has 0 aliphatic carbocycles. The summed E-state index contributed by atoms with van der Waals surface area (Å²) in [6, 6.07) is 15.1. The smallest absolute Gasteiger partial charge is 0.227 e. The van der Waals surface area contributed by atoms with Gasteiger partial charge in [0.15, 0.2) is 0 Å². The lowest BCUT2D eigenvalue weighted by Crippen LogP contribution is -2.26. The van der Waals surface area contributed by atoms with E-state index in [4.69, 9.17) is 16.1 Å². The van der Waals surface area contributed by atoms with Crippen molar-refractivity contribution in [1.29, 1.82) is 0 Å². The van der Waals surface area contributed by atoms with Gasteiger partial charge in [0.2, 0.25) is 17.6 Å². The minimum Gasteiger partial charge on any atom is -0.339 e. The van der Waals surface area contributed by atoms with Gasteiger partial charge in [0.1, 0.15) is 0 Å². The summed E-state index contributed by atoms with van der Waals surface area (Å²) in [6.07, 6.45) is 0.668. The summed E-state index contributed by atoms with van der Waals surface area (Å²) in [6.45, 7) is 2.02. The topological polar surface area (TPSA) is 59.2 Å². The first-order chi connectivity index (χ1) is 12.0. The molecule has 6 heteroatoms. The Balaban J connectivity index is 1.62. The molecule has 3 rings (SSSR count). The van der Waals surface area contributed by atoms with Crippen molar-refractivity contribution >= 4 is 23.2 Å². The van der Waals surface area contributed by atoms with Gasteiger partial charge in [0.05, 0.1) is 0 Å². The Kier molecular flexibility index (Phi) is 5.14. The molecule has 1 heterocycles. The first kappa shape index (κ1) is 17.2. The SMILES string of the molecule is Cc1ccc(-c2noc(CCC(=O)N(C)c3cccc(Cl)c3)n2)cc1. The number of halogens is 1. The number of hydrogen-bond donors (Lipinski definition) is 0. The molecule has 2 aromatic carbocycles. The summed E-state index contributed by atoms with van der Waals surface area (Å²) in [5.74, 6) is 0.936. The minimum atomic E-state index is -0.0441. The summed E-state index contributed by atoms with van der Waals surface area (Å²) in [5, 5.41) is 4.57. The summed E-state index contributed by atoms with van der Waals surface area (Å²) in [7, 11) is 1.72. The van der Waals surface area contributed by atoms with E-state index >= 15 is 0 Å². The predicted octanol–water partition coefficient (Wildman–Crippen LogP) is 4.29. The molecule has 1 aromatic heterocycles. The van der Waals surface area contributed by atoms with Crippen LogP contribution in [0.15, 0.2) is 53.1 Å². The number of rotatable bonds is 5. The van der Waals surface area contributed by atoms with E-state index in [1.54, 1.807) is 24.1 Å². The molecule has 0 fully saturated rings. The number of anilines is 1. The number of aryl methyl sites for hydroxylation is 2. The third-order valence-electron chi connectivity index (χ3n) is 3.90. The van der Waals surface area contributed by atoms with Crippen LogP contribution < -0.4 is 4.90 Å². The number of nitrogens with zero attached hydrogens (tertiary/aromatic N) is 3. The van der Waals surface area contributed by atoms with Gasteiger partial charge in [-0.25, -0.2) is 0 Å². The molecular weight excluding hydrogens is 338 g/mol. The molecule has 0 aliphatic rings. The van der Waals surface area contributed by atoms with Crippen LogP contribution in [0, 0.1) is 6.92 Å². The van der Waals surface area contributed by atoms with Crippen molar-refractivity contribution in [2.24, 2.45) is 0 Å². The molecule has 0 spiro atoms. The van der Waals surface area contributed by atoms with Gasteiger partial charge in [-0.1, -0.05) is 52.7 Å². The zero-order valence-electron chi connectivity index (χ0n) is 14.1. The van der Waals surface area contributed by atoms with E-state index in [1.807, 2.05) is 43.3 Å². The molecule has 0 bridgehead atoms. The van der Waals surface area contributed by atoms with Crippen LogP contribution in [0.2, 0.25) is 5.02 Å². The zero-order valence-corrected chi connectivity index (χ0v) is 14.8. The Morgan fingerprint density at radius 2 is 1.96 bits per heavy atom. The maximum atomic E-state index is 12.3. The van der Waals surface area contributed by atoms with Crippen molar-refractivity contribution in [3.05, 3.63) is 65.0 Å². The number of benzene rings is 2. The Bertz CT molecular complexity index is 874. The molecule has 25 heavy (non-hydrogen) atoms. The molecule has 128 valence electrons.